The Labute approximate surface area is 113 Å². The summed E-state index contributed by atoms with van der Waals surface area (Å²) in [5.74, 6) is 1.42. The van der Waals surface area contributed by atoms with Gasteiger partial charge in [-0.1, -0.05) is 0 Å². The van der Waals surface area contributed by atoms with Crippen LogP contribution in [-0.2, 0) is 4.79 Å². The maximum atomic E-state index is 11.7. The molecular weight excluding hydrogens is 246 g/mol. The van der Waals surface area contributed by atoms with Crippen molar-refractivity contribution in [1.82, 2.24) is 4.90 Å². The molecule has 1 atom stereocenters. The molecule has 1 N–H and O–H groups in total. The van der Waals surface area contributed by atoms with Crippen LogP contribution < -0.4 is 9.47 Å². The number of amides is 1. The van der Waals surface area contributed by atoms with Gasteiger partial charge in [-0.15, -0.1) is 0 Å². The number of aliphatic hydroxyl groups is 1. The molecule has 0 spiro atoms. The number of ether oxygens (including phenoxy) is 2. The summed E-state index contributed by atoms with van der Waals surface area (Å²) in [6, 6.07) is 7.19. The fourth-order valence-corrected chi connectivity index (χ4v) is 1.62. The Kier molecular flexibility index (Phi) is 6.15. The van der Waals surface area contributed by atoms with Crippen molar-refractivity contribution in [3.05, 3.63) is 24.3 Å². The van der Waals surface area contributed by atoms with Crippen LogP contribution in [0.25, 0.3) is 0 Å². The van der Waals surface area contributed by atoms with Gasteiger partial charge in [0.15, 0.2) is 0 Å². The monoisotopic (exact) mass is 267 g/mol. The highest BCUT2D eigenvalue weighted by Crippen LogP contribution is 2.17. The molecule has 106 valence electrons. The van der Waals surface area contributed by atoms with Gasteiger partial charge in [-0.3, -0.25) is 4.79 Å². The van der Waals surface area contributed by atoms with Crippen molar-refractivity contribution in [2.24, 2.45) is 0 Å². The highest BCUT2D eigenvalue weighted by atomic mass is 16.5. The molecule has 1 aromatic rings. The minimum Gasteiger partial charge on any atom is -0.497 e. The maximum Gasteiger partial charge on any atom is 0.225 e. The molecule has 1 rings (SSSR count). The Balaban J connectivity index is 2.31. The first-order valence-corrected chi connectivity index (χ1v) is 6.22. The minimum atomic E-state index is -0.517. The molecule has 0 saturated carbocycles. The van der Waals surface area contributed by atoms with Gasteiger partial charge in [0.25, 0.3) is 0 Å². The predicted molar refractivity (Wildman–Crippen MR) is 72.4 cm³/mol. The standard InChI is InChI=1S/C14H21NO4/c1-11(16)10-15(2)14(17)8-9-19-13-6-4-12(18-3)5-7-13/h4-7,11,16H,8-10H2,1-3H3. The highest BCUT2D eigenvalue weighted by molar-refractivity contribution is 5.76. The van der Waals surface area contributed by atoms with Crippen molar-refractivity contribution in [3.63, 3.8) is 0 Å². The van der Waals surface area contributed by atoms with Gasteiger partial charge in [-0.2, -0.15) is 0 Å². The Morgan fingerprint density at radius 3 is 2.42 bits per heavy atom. The SMILES string of the molecule is COc1ccc(OCCC(=O)N(C)CC(C)O)cc1. The van der Waals surface area contributed by atoms with Crippen LogP contribution >= 0.6 is 0 Å². The van der Waals surface area contributed by atoms with Crippen molar-refractivity contribution in [3.8, 4) is 11.5 Å². The predicted octanol–water partition coefficient (Wildman–Crippen LogP) is 1.30. The van der Waals surface area contributed by atoms with Gasteiger partial charge in [0, 0.05) is 13.6 Å². The zero-order valence-corrected chi connectivity index (χ0v) is 11.6. The van der Waals surface area contributed by atoms with E-state index in [0.29, 0.717) is 18.9 Å². The lowest BCUT2D eigenvalue weighted by atomic mass is 10.3. The number of methoxy groups -OCH3 is 1. The van der Waals surface area contributed by atoms with Gasteiger partial charge < -0.3 is 19.5 Å². The van der Waals surface area contributed by atoms with Crippen LogP contribution in [-0.4, -0.2) is 49.3 Å². The van der Waals surface area contributed by atoms with E-state index in [9.17, 15) is 9.90 Å². The van der Waals surface area contributed by atoms with Crippen LogP contribution in [0.2, 0.25) is 0 Å². The molecule has 5 heteroatoms. The molecular formula is C14H21NO4. The van der Waals surface area contributed by atoms with Gasteiger partial charge >= 0.3 is 0 Å². The molecule has 0 heterocycles. The number of carbonyl (C=O) groups excluding carboxylic acids is 1. The summed E-state index contributed by atoms with van der Waals surface area (Å²) < 4.78 is 10.5. The molecule has 0 bridgehead atoms. The number of benzene rings is 1. The molecule has 0 saturated heterocycles. The highest BCUT2D eigenvalue weighted by Gasteiger charge is 2.10. The van der Waals surface area contributed by atoms with Crippen molar-refractivity contribution < 1.29 is 19.4 Å². The van der Waals surface area contributed by atoms with E-state index >= 15 is 0 Å². The van der Waals surface area contributed by atoms with Gasteiger partial charge in [0.2, 0.25) is 5.91 Å². The number of aliphatic hydroxyl groups excluding tert-OH is 1. The van der Waals surface area contributed by atoms with Crippen molar-refractivity contribution in [2.75, 3.05) is 27.3 Å². The Morgan fingerprint density at radius 2 is 1.89 bits per heavy atom. The van der Waals surface area contributed by atoms with Crippen LogP contribution in [0.3, 0.4) is 0 Å². The summed E-state index contributed by atoms with van der Waals surface area (Å²) >= 11 is 0. The second-order valence-electron chi connectivity index (χ2n) is 4.40. The third-order valence-electron chi connectivity index (χ3n) is 2.61. The van der Waals surface area contributed by atoms with Crippen LogP contribution in [0.15, 0.2) is 24.3 Å². The van der Waals surface area contributed by atoms with E-state index < -0.39 is 6.10 Å². The maximum absolute atomic E-state index is 11.7. The number of rotatable bonds is 7. The molecule has 0 fully saturated rings. The first-order valence-electron chi connectivity index (χ1n) is 6.22. The molecule has 0 aromatic heterocycles. The molecule has 1 aromatic carbocycles. The Bertz CT molecular complexity index is 389. The van der Waals surface area contributed by atoms with Gasteiger partial charge in [0.05, 0.1) is 26.2 Å². The number of likely N-dealkylation sites (N-methyl/N-ethyl adjacent to an activating group) is 1. The Hall–Kier alpha value is -1.75. The van der Waals surface area contributed by atoms with E-state index in [2.05, 4.69) is 0 Å². The minimum absolute atomic E-state index is 0.0468. The summed E-state index contributed by atoms with van der Waals surface area (Å²) in [4.78, 5) is 13.2. The topological polar surface area (TPSA) is 59.0 Å². The van der Waals surface area contributed by atoms with E-state index in [1.807, 2.05) is 0 Å². The van der Waals surface area contributed by atoms with Gasteiger partial charge in [-0.25, -0.2) is 0 Å². The molecule has 0 aliphatic rings. The Morgan fingerprint density at radius 1 is 1.32 bits per heavy atom. The van der Waals surface area contributed by atoms with Crippen LogP contribution in [0.5, 0.6) is 11.5 Å². The fourth-order valence-electron chi connectivity index (χ4n) is 1.62. The summed E-state index contributed by atoms with van der Waals surface area (Å²) in [5, 5.41) is 9.19. The molecule has 0 aliphatic heterocycles. The quantitative estimate of drug-likeness (QED) is 0.809. The lowest BCUT2D eigenvalue weighted by Gasteiger charge is -2.18. The summed E-state index contributed by atoms with van der Waals surface area (Å²) in [5.41, 5.74) is 0. The third-order valence-corrected chi connectivity index (χ3v) is 2.61. The molecule has 1 amide bonds. The van der Waals surface area contributed by atoms with Crippen LogP contribution in [0, 0.1) is 0 Å². The number of hydrogen-bond acceptors (Lipinski definition) is 4. The first-order chi connectivity index (χ1) is 9.02. The van der Waals surface area contributed by atoms with E-state index in [-0.39, 0.29) is 12.3 Å². The van der Waals surface area contributed by atoms with Crippen molar-refractivity contribution >= 4 is 5.91 Å². The summed E-state index contributed by atoms with van der Waals surface area (Å²) in [6.07, 6.45) is -0.230. The van der Waals surface area contributed by atoms with Crippen LogP contribution in [0.1, 0.15) is 13.3 Å². The average Bonchev–Trinajstić information content (AvgIpc) is 2.38. The van der Waals surface area contributed by atoms with Gasteiger partial charge in [-0.05, 0) is 31.2 Å². The number of nitrogens with zero attached hydrogens (tertiary/aromatic N) is 1. The fraction of sp³-hybridized carbons (Fsp3) is 0.500. The average molecular weight is 267 g/mol. The van der Waals surface area contributed by atoms with E-state index in [1.54, 1.807) is 45.3 Å². The normalized spacial score (nSPS) is 11.8. The lowest BCUT2D eigenvalue weighted by Crippen LogP contribution is -2.33. The lowest BCUT2D eigenvalue weighted by molar-refractivity contribution is -0.131. The number of hydrogen-bond donors (Lipinski definition) is 1. The van der Waals surface area contributed by atoms with Gasteiger partial charge in [0.1, 0.15) is 11.5 Å². The zero-order valence-electron chi connectivity index (χ0n) is 11.6. The second-order valence-corrected chi connectivity index (χ2v) is 4.40. The van der Waals surface area contributed by atoms with E-state index in [0.717, 1.165) is 5.75 Å². The van der Waals surface area contributed by atoms with E-state index in [1.165, 1.54) is 4.90 Å². The molecule has 19 heavy (non-hydrogen) atoms. The molecule has 0 radical (unpaired) electrons. The van der Waals surface area contributed by atoms with Crippen LogP contribution in [0.4, 0.5) is 0 Å². The second kappa shape index (κ2) is 7.63. The first kappa shape index (κ1) is 15.3. The third kappa shape index (κ3) is 5.61. The smallest absolute Gasteiger partial charge is 0.225 e. The summed E-state index contributed by atoms with van der Waals surface area (Å²) in [6.45, 7) is 2.30. The molecule has 0 aliphatic carbocycles. The molecule has 1 unspecified atom stereocenters. The largest absolute Gasteiger partial charge is 0.497 e. The van der Waals surface area contributed by atoms with Crippen molar-refractivity contribution in [1.29, 1.82) is 0 Å². The molecule has 5 nitrogen and oxygen atoms in total. The summed E-state index contributed by atoms with van der Waals surface area (Å²) in [7, 11) is 3.27. The zero-order chi connectivity index (χ0) is 14.3. The van der Waals surface area contributed by atoms with E-state index in [4.69, 9.17) is 9.47 Å². The number of carbonyl (C=O) groups is 1. The van der Waals surface area contributed by atoms with Crippen molar-refractivity contribution in [2.45, 2.75) is 19.4 Å².